The molecule has 0 bridgehead atoms. The molecule has 19 heavy (non-hydrogen) atoms. The molecule has 4 nitrogen and oxygen atoms in total. The summed E-state index contributed by atoms with van der Waals surface area (Å²) in [5, 5.41) is 2.06. The lowest BCUT2D eigenvalue weighted by atomic mass is 10.2. The second-order valence-corrected chi connectivity index (χ2v) is 4.93. The van der Waals surface area contributed by atoms with Crippen molar-refractivity contribution in [3.63, 3.8) is 0 Å². The van der Waals surface area contributed by atoms with E-state index in [1.807, 2.05) is 0 Å². The zero-order valence-corrected chi connectivity index (χ0v) is 11.0. The van der Waals surface area contributed by atoms with Gasteiger partial charge in [0.1, 0.15) is 0 Å². The third-order valence-electron chi connectivity index (χ3n) is 2.44. The van der Waals surface area contributed by atoms with Crippen LogP contribution in [0.25, 0.3) is 0 Å². The molecule has 8 heteroatoms. The minimum atomic E-state index is -4.42. The van der Waals surface area contributed by atoms with Crippen molar-refractivity contribution in [2.24, 2.45) is 0 Å². The molecule has 0 spiro atoms. The summed E-state index contributed by atoms with van der Waals surface area (Å²) >= 11 is 0.605. The molecule has 2 heterocycles. The molecule has 0 amide bonds. The van der Waals surface area contributed by atoms with Crippen LogP contribution in [0.2, 0.25) is 0 Å². The third-order valence-corrected chi connectivity index (χ3v) is 3.54. The van der Waals surface area contributed by atoms with Crippen molar-refractivity contribution in [1.29, 1.82) is 0 Å². The van der Waals surface area contributed by atoms with E-state index in [0.29, 0.717) is 21.9 Å². The van der Waals surface area contributed by atoms with Gasteiger partial charge in [-0.25, -0.2) is 4.98 Å². The van der Waals surface area contributed by atoms with Crippen LogP contribution in [0.1, 0.15) is 27.3 Å². The first-order chi connectivity index (χ1) is 8.91. The number of hydrogen-bond donors (Lipinski definition) is 1. The molecule has 0 saturated carbocycles. The average Bonchev–Trinajstić information content (AvgIpc) is 2.82. The summed E-state index contributed by atoms with van der Waals surface area (Å²) in [7, 11) is 1.65. The van der Waals surface area contributed by atoms with Gasteiger partial charge in [-0.15, -0.1) is 11.3 Å². The van der Waals surface area contributed by atoms with Crippen LogP contribution >= 0.6 is 11.3 Å². The van der Waals surface area contributed by atoms with E-state index in [1.165, 1.54) is 6.20 Å². The second-order valence-electron chi connectivity index (χ2n) is 3.87. The van der Waals surface area contributed by atoms with Crippen molar-refractivity contribution in [3.8, 4) is 0 Å². The van der Waals surface area contributed by atoms with Gasteiger partial charge in [0, 0.05) is 17.3 Å². The lowest BCUT2D eigenvalue weighted by molar-refractivity contribution is -0.137. The van der Waals surface area contributed by atoms with Crippen molar-refractivity contribution in [1.82, 2.24) is 20.3 Å². The normalized spacial score (nSPS) is 13.5. The molecule has 0 aromatic carbocycles. The van der Waals surface area contributed by atoms with Crippen LogP contribution in [0, 0.1) is 6.92 Å². The monoisotopic (exact) mass is 288 g/mol. The summed E-state index contributed by atoms with van der Waals surface area (Å²) in [6.45, 7) is 1.79. The number of nitrogens with one attached hydrogen (secondary N) is 1. The highest BCUT2D eigenvalue weighted by Crippen LogP contribution is 2.35. The van der Waals surface area contributed by atoms with Crippen LogP contribution in [0.15, 0.2) is 18.6 Å². The molecule has 102 valence electrons. The van der Waals surface area contributed by atoms with Crippen LogP contribution in [-0.4, -0.2) is 22.0 Å². The van der Waals surface area contributed by atoms with E-state index in [1.54, 1.807) is 26.4 Å². The van der Waals surface area contributed by atoms with Gasteiger partial charge in [-0.1, -0.05) is 0 Å². The molecule has 2 aromatic heterocycles. The van der Waals surface area contributed by atoms with Crippen LogP contribution < -0.4 is 5.32 Å². The van der Waals surface area contributed by atoms with Gasteiger partial charge in [-0.2, -0.15) is 13.2 Å². The maximum atomic E-state index is 12.5. The lowest BCUT2D eigenvalue weighted by Crippen LogP contribution is -2.18. The predicted molar refractivity (Wildman–Crippen MR) is 64.8 cm³/mol. The zero-order chi connectivity index (χ0) is 14.0. The van der Waals surface area contributed by atoms with Crippen LogP contribution in [0.3, 0.4) is 0 Å². The fraction of sp³-hybridized carbons (Fsp3) is 0.364. The van der Waals surface area contributed by atoms with Gasteiger partial charge >= 0.3 is 6.18 Å². The first kappa shape index (κ1) is 13.9. The van der Waals surface area contributed by atoms with Crippen molar-refractivity contribution in [3.05, 3.63) is 39.9 Å². The van der Waals surface area contributed by atoms with Gasteiger partial charge in [-0.3, -0.25) is 9.97 Å². The summed E-state index contributed by atoms with van der Waals surface area (Å²) in [6.07, 6.45) is -0.0782. The number of thiazole rings is 1. The van der Waals surface area contributed by atoms with Crippen LogP contribution in [0.4, 0.5) is 13.2 Å². The van der Waals surface area contributed by atoms with E-state index >= 15 is 0 Å². The van der Waals surface area contributed by atoms with E-state index in [-0.39, 0.29) is 0 Å². The molecule has 1 atom stereocenters. The Hall–Kier alpha value is -1.54. The standard InChI is InChI=1S/C11H11F3N4S/c1-6-3-17-7(4-16-6)9(15-2)8-5-18-10(19-8)11(12,13)14/h3-5,9,15H,1-2H3. The molecule has 0 fully saturated rings. The fourth-order valence-electron chi connectivity index (χ4n) is 1.54. The Balaban J connectivity index is 2.32. The predicted octanol–water partition coefficient (Wildman–Crippen LogP) is 2.57. The van der Waals surface area contributed by atoms with E-state index in [9.17, 15) is 13.2 Å². The Kier molecular flexibility index (Phi) is 3.81. The first-order valence-corrected chi connectivity index (χ1v) is 6.22. The minimum absolute atomic E-state index is 0.443. The summed E-state index contributed by atoms with van der Waals surface area (Å²) in [4.78, 5) is 12.1. The second kappa shape index (κ2) is 5.22. The van der Waals surface area contributed by atoms with Crippen molar-refractivity contribution >= 4 is 11.3 Å². The Morgan fingerprint density at radius 2 is 1.89 bits per heavy atom. The Morgan fingerprint density at radius 1 is 1.16 bits per heavy atom. The molecular formula is C11H11F3N4S. The average molecular weight is 288 g/mol. The highest BCUT2D eigenvalue weighted by atomic mass is 32.1. The first-order valence-electron chi connectivity index (χ1n) is 5.40. The third kappa shape index (κ3) is 3.07. The SMILES string of the molecule is CNC(c1cnc(C)cn1)c1cnc(C(F)(F)F)s1. The molecule has 0 aliphatic rings. The summed E-state index contributed by atoms with van der Waals surface area (Å²) in [6, 6.07) is -0.443. The van der Waals surface area contributed by atoms with E-state index < -0.39 is 17.2 Å². The molecule has 2 rings (SSSR count). The Bertz CT molecular complexity index is 550. The molecule has 0 saturated heterocycles. The molecule has 0 aliphatic heterocycles. The number of nitrogens with zero attached hydrogens (tertiary/aromatic N) is 3. The van der Waals surface area contributed by atoms with Gasteiger partial charge in [0.15, 0.2) is 5.01 Å². The van der Waals surface area contributed by atoms with Gasteiger partial charge in [0.25, 0.3) is 0 Å². The van der Waals surface area contributed by atoms with Crippen LogP contribution in [0.5, 0.6) is 0 Å². The van der Waals surface area contributed by atoms with Gasteiger partial charge < -0.3 is 5.32 Å². The van der Waals surface area contributed by atoms with E-state index in [4.69, 9.17) is 0 Å². The highest BCUT2D eigenvalue weighted by molar-refractivity contribution is 7.11. The quantitative estimate of drug-likeness (QED) is 0.943. The maximum Gasteiger partial charge on any atom is 0.443 e. The highest BCUT2D eigenvalue weighted by Gasteiger charge is 2.35. The minimum Gasteiger partial charge on any atom is -0.307 e. The Labute approximate surface area is 111 Å². The number of hydrogen-bond acceptors (Lipinski definition) is 5. The number of aromatic nitrogens is 3. The summed E-state index contributed by atoms with van der Waals surface area (Å²) in [5.41, 5.74) is 1.31. The van der Waals surface area contributed by atoms with Crippen LogP contribution in [-0.2, 0) is 6.18 Å². The van der Waals surface area contributed by atoms with E-state index in [2.05, 4.69) is 20.3 Å². The topological polar surface area (TPSA) is 50.7 Å². The molecule has 0 radical (unpaired) electrons. The smallest absolute Gasteiger partial charge is 0.307 e. The molecule has 1 N–H and O–H groups in total. The molecule has 0 aliphatic carbocycles. The van der Waals surface area contributed by atoms with Crippen molar-refractivity contribution < 1.29 is 13.2 Å². The molecule has 1 unspecified atom stereocenters. The van der Waals surface area contributed by atoms with Crippen molar-refractivity contribution in [2.45, 2.75) is 19.1 Å². The summed E-state index contributed by atoms with van der Waals surface area (Å²) < 4.78 is 37.6. The lowest BCUT2D eigenvalue weighted by Gasteiger charge is -2.12. The number of halogens is 3. The zero-order valence-electron chi connectivity index (χ0n) is 10.2. The van der Waals surface area contributed by atoms with Gasteiger partial charge in [-0.05, 0) is 14.0 Å². The number of rotatable bonds is 3. The maximum absolute atomic E-state index is 12.5. The fourth-order valence-corrected chi connectivity index (χ4v) is 2.44. The molecular weight excluding hydrogens is 277 g/mol. The summed E-state index contributed by atoms with van der Waals surface area (Å²) in [5.74, 6) is 0. The molecule has 2 aromatic rings. The largest absolute Gasteiger partial charge is 0.443 e. The number of alkyl halides is 3. The van der Waals surface area contributed by atoms with E-state index in [0.717, 1.165) is 5.69 Å². The van der Waals surface area contributed by atoms with Crippen molar-refractivity contribution in [2.75, 3.05) is 7.05 Å². The Morgan fingerprint density at radius 3 is 2.37 bits per heavy atom. The van der Waals surface area contributed by atoms with Gasteiger partial charge in [0.05, 0.1) is 23.6 Å². The number of aryl methyl sites for hydroxylation is 1. The van der Waals surface area contributed by atoms with Gasteiger partial charge in [0.2, 0.25) is 0 Å².